The molecule has 0 spiro atoms. The monoisotopic (exact) mass is 275 g/mol. The lowest BCUT2D eigenvalue weighted by Crippen LogP contribution is -2.12. The van der Waals surface area contributed by atoms with Crippen LogP contribution in [0, 0.1) is 0 Å². The highest BCUT2D eigenvalue weighted by molar-refractivity contribution is 6.21. The van der Waals surface area contributed by atoms with E-state index in [2.05, 4.69) is 10.1 Å². The largest absolute Gasteiger partial charge is 0.462 e. The summed E-state index contributed by atoms with van der Waals surface area (Å²) in [6.45, 7) is 1.80. The lowest BCUT2D eigenvalue weighted by atomic mass is 10.3. The molecule has 96 valence electrons. The third-order valence-corrected chi connectivity index (χ3v) is 2.38. The van der Waals surface area contributed by atoms with E-state index in [0.29, 0.717) is 0 Å². The van der Waals surface area contributed by atoms with Crippen molar-refractivity contribution in [2.45, 2.75) is 12.3 Å². The molecule has 0 aromatic carbocycles. The number of carbonyl (C=O) groups is 1. The van der Waals surface area contributed by atoms with Crippen LogP contribution in [0.2, 0.25) is 0 Å². The van der Waals surface area contributed by atoms with Crippen molar-refractivity contribution in [2.24, 2.45) is 0 Å². The predicted molar refractivity (Wildman–Crippen MR) is 58.7 cm³/mol. The van der Waals surface area contributed by atoms with Crippen molar-refractivity contribution < 1.29 is 18.3 Å². The summed E-state index contributed by atoms with van der Waals surface area (Å²) in [5.41, 5.74) is -0.574. The Bertz CT molecular complexity index is 594. The first kappa shape index (κ1) is 12.7. The number of carbonyl (C=O) groups excluding carboxylic acids is 1. The number of halogens is 3. The Morgan fingerprint density at radius 1 is 1.61 bits per heavy atom. The first-order valence-corrected chi connectivity index (χ1v) is 5.40. The van der Waals surface area contributed by atoms with Gasteiger partial charge in [0.25, 0.3) is 0 Å². The molecule has 0 saturated heterocycles. The molecule has 0 radical (unpaired) electrons. The lowest BCUT2D eigenvalue weighted by molar-refractivity contribution is 0.0528. The molecule has 2 heterocycles. The molecule has 0 saturated carbocycles. The molecule has 8 heteroatoms. The number of alkyl halides is 3. The number of esters is 1. The van der Waals surface area contributed by atoms with E-state index in [9.17, 15) is 13.6 Å². The van der Waals surface area contributed by atoms with E-state index in [-0.39, 0.29) is 17.8 Å². The van der Waals surface area contributed by atoms with E-state index in [1.54, 1.807) is 6.92 Å². The zero-order valence-corrected chi connectivity index (χ0v) is 9.99. The van der Waals surface area contributed by atoms with Crippen LogP contribution in [0.4, 0.5) is 8.78 Å². The summed E-state index contributed by atoms with van der Waals surface area (Å²) >= 11 is 4.95. The van der Waals surface area contributed by atoms with Gasteiger partial charge in [0.15, 0.2) is 5.65 Å². The van der Waals surface area contributed by atoms with Gasteiger partial charge in [-0.25, -0.2) is 14.3 Å². The average Bonchev–Trinajstić information content (AvgIpc) is 2.71. The normalized spacial score (nSPS) is 11.8. The summed E-state index contributed by atoms with van der Waals surface area (Å²) in [6, 6.07) is 1.03. The van der Waals surface area contributed by atoms with Gasteiger partial charge in [-0.1, -0.05) is 0 Å². The van der Waals surface area contributed by atoms with Gasteiger partial charge in [0.05, 0.1) is 12.8 Å². The van der Waals surface area contributed by atoms with Gasteiger partial charge in [-0.15, -0.1) is 0 Å². The van der Waals surface area contributed by atoms with Crippen LogP contribution < -0.4 is 0 Å². The maximum absolute atomic E-state index is 13.1. The van der Waals surface area contributed by atoms with Crippen molar-refractivity contribution in [1.82, 2.24) is 14.6 Å². The van der Waals surface area contributed by atoms with E-state index >= 15 is 0 Å². The summed E-state index contributed by atoms with van der Waals surface area (Å²) in [7, 11) is 0. The van der Waals surface area contributed by atoms with Crippen molar-refractivity contribution in [3.05, 3.63) is 29.7 Å². The maximum atomic E-state index is 13.1. The molecule has 2 aromatic heterocycles. The molecule has 2 rings (SSSR count). The van der Waals surface area contributed by atoms with Crippen LogP contribution >= 0.6 is 11.6 Å². The standard InChI is InChI=1S/C10H8ClF2N3O2/c1-2-18-9(17)6-5-15-16-7(10(11,12)13)3-4-14-8(6)16/h3-5H,2H2,1H3. The van der Waals surface area contributed by atoms with Gasteiger partial charge in [-0.05, 0) is 24.6 Å². The molecule has 0 aliphatic rings. The second-order valence-electron chi connectivity index (χ2n) is 3.34. The fourth-order valence-electron chi connectivity index (χ4n) is 1.46. The van der Waals surface area contributed by atoms with E-state index in [1.807, 2.05) is 0 Å². The topological polar surface area (TPSA) is 56.5 Å². The Labute approximate surface area is 105 Å². The summed E-state index contributed by atoms with van der Waals surface area (Å²) in [4.78, 5) is 15.4. The van der Waals surface area contributed by atoms with Crippen LogP contribution in [0.15, 0.2) is 18.5 Å². The highest BCUT2D eigenvalue weighted by Gasteiger charge is 2.32. The Hall–Kier alpha value is -1.76. The van der Waals surface area contributed by atoms with Crippen molar-refractivity contribution >= 4 is 23.2 Å². The van der Waals surface area contributed by atoms with Crippen molar-refractivity contribution in [1.29, 1.82) is 0 Å². The Morgan fingerprint density at radius 3 is 2.94 bits per heavy atom. The third-order valence-electron chi connectivity index (χ3n) is 2.19. The summed E-state index contributed by atoms with van der Waals surface area (Å²) < 4.78 is 31.8. The van der Waals surface area contributed by atoms with Gasteiger partial charge >= 0.3 is 11.4 Å². The smallest absolute Gasteiger partial charge is 0.364 e. The van der Waals surface area contributed by atoms with Crippen LogP contribution in [-0.2, 0) is 10.1 Å². The van der Waals surface area contributed by atoms with Gasteiger partial charge in [0, 0.05) is 6.20 Å². The molecule has 0 N–H and O–H groups in total. The minimum atomic E-state index is -3.60. The van der Waals surface area contributed by atoms with Gasteiger partial charge in [-0.3, -0.25) is 0 Å². The van der Waals surface area contributed by atoms with Crippen LogP contribution in [0.5, 0.6) is 0 Å². The Morgan fingerprint density at radius 2 is 2.33 bits per heavy atom. The zero-order valence-electron chi connectivity index (χ0n) is 9.23. The molecule has 2 aromatic rings. The SMILES string of the molecule is CCOC(=O)c1cnn2c(C(F)(F)Cl)ccnc12. The van der Waals surface area contributed by atoms with Crippen LogP contribution in [-0.4, -0.2) is 27.2 Å². The number of hydrogen-bond donors (Lipinski definition) is 0. The highest BCUT2D eigenvalue weighted by Crippen LogP contribution is 2.32. The summed E-state index contributed by atoms with van der Waals surface area (Å²) in [6.07, 6.45) is 2.25. The second kappa shape index (κ2) is 4.49. The van der Waals surface area contributed by atoms with Crippen molar-refractivity contribution in [2.75, 3.05) is 6.61 Å². The first-order chi connectivity index (χ1) is 8.45. The van der Waals surface area contributed by atoms with E-state index in [4.69, 9.17) is 16.3 Å². The predicted octanol–water partition coefficient (Wildman–Crippen LogP) is 2.19. The average molecular weight is 276 g/mol. The molecule has 0 aliphatic carbocycles. The molecule has 0 aliphatic heterocycles. The maximum Gasteiger partial charge on any atom is 0.364 e. The van der Waals surface area contributed by atoms with Crippen molar-refractivity contribution in [3.63, 3.8) is 0 Å². The molecular weight excluding hydrogens is 268 g/mol. The zero-order chi connectivity index (χ0) is 13.3. The minimum Gasteiger partial charge on any atom is -0.462 e. The summed E-state index contributed by atoms with van der Waals surface area (Å²) in [5.74, 6) is -0.671. The fourth-order valence-corrected chi connectivity index (χ4v) is 1.60. The van der Waals surface area contributed by atoms with Crippen molar-refractivity contribution in [3.8, 4) is 0 Å². The Kier molecular flexibility index (Phi) is 3.16. The molecule has 0 fully saturated rings. The van der Waals surface area contributed by atoms with Crippen LogP contribution in [0.1, 0.15) is 23.0 Å². The molecule has 0 atom stereocenters. The number of ether oxygens (including phenoxy) is 1. The van der Waals surface area contributed by atoms with E-state index in [1.165, 1.54) is 0 Å². The van der Waals surface area contributed by atoms with Gasteiger partial charge < -0.3 is 4.74 Å². The Balaban J connectivity index is 2.59. The quantitative estimate of drug-likeness (QED) is 0.636. The fraction of sp³-hybridized carbons (Fsp3) is 0.300. The number of hydrogen-bond acceptors (Lipinski definition) is 4. The number of aromatic nitrogens is 3. The van der Waals surface area contributed by atoms with Crippen LogP contribution in [0.3, 0.4) is 0 Å². The molecule has 0 amide bonds. The second-order valence-corrected chi connectivity index (χ2v) is 3.82. The van der Waals surface area contributed by atoms with Gasteiger partial charge in [0.2, 0.25) is 0 Å². The summed E-state index contributed by atoms with van der Waals surface area (Å²) in [5, 5.41) is 0.0792. The molecule has 0 bridgehead atoms. The van der Waals surface area contributed by atoms with Gasteiger partial charge in [-0.2, -0.15) is 13.9 Å². The number of fused-ring (bicyclic) bond motifs is 1. The van der Waals surface area contributed by atoms with E-state index in [0.717, 1.165) is 23.0 Å². The highest BCUT2D eigenvalue weighted by atomic mass is 35.5. The molecule has 18 heavy (non-hydrogen) atoms. The van der Waals surface area contributed by atoms with Gasteiger partial charge in [0.1, 0.15) is 11.3 Å². The number of nitrogens with zero attached hydrogens (tertiary/aromatic N) is 3. The minimum absolute atomic E-state index is 0.0135. The lowest BCUT2D eigenvalue weighted by Gasteiger charge is -2.09. The third kappa shape index (κ3) is 2.13. The first-order valence-electron chi connectivity index (χ1n) is 5.02. The molecule has 0 unspecified atom stereocenters. The van der Waals surface area contributed by atoms with E-state index < -0.39 is 17.0 Å². The molecular formula is C10H8ClF2N3O2. The molecule has 5 nitrogen and oxygen atoms in total. The van der Waals surface area contributed by atoms with Crippen LogP contribution in [0.25, 0.3) is 5.65 Å². The number of rotatable bonds is 3.